The van der Waals surface area contributed by atoms with E-state index in [2.05, 4.69) is 15.4 Å². The first-order valence-electron chi connectivity index (χ1n) is 9.18. The van der Waals surface area contributed by atoms with E-state index in [0.717, 1.165) is 0 Å². The van der Waals surface area contributed by atoms with Gasteiger partial charge < -0.3 is 10.6 Å². The van der Waals surface area contributed by atoms with Crippen LogP contribution in [0.3, 0.4) is 0 Å². The van der Waals surface area contributed by atoms with Gasteiger partial charge in [-0.05, 0) is 42.8 Å². The van der Waals surface area contributed by atoms with E-state index >= 15 is 0 Å². The van der Waals surface area contributed by atoms with Crippen LogP contribution in [-0.2, 0) is 25.4 Å². The fourth-order valence-corrected chi connectivity index (χ4v) is 4.52. The van der Waals surface area contributed by atoms with Crippen LogP contribution in [0.1, 0.15) is 19.4 Å². The van der Waals surface area contributed by atoms with Crippen LogP contribution >= 0.6 is 11.8 Å². The molecule has 0 unspecified atom stereocenters. The molecule has 3 N–H and O–H groups in total. The molecule has 0 aliphatic heterocycles. The molecule has 1 atom stereocenters. The largest absolute Gasteiger partial charge is 0.354 e. The summed E-state index contributed by atoms with van der Waals surface area (Å²) >= 11 is 1.47. The Balaban J connectivity index is 1.78. The van der Waals surface area contributed by atoms with Gasteiger partial charge >= 0.3 is 0 Å². The molecule has 7 nitrogen and oxygen atoms in total. The second kappa shape index (κ2) is 11.1. The number of thioether (sulfide) groups is 1. The minimum atomic E-state index is -3.90. The zero-order chi connectivity index (χ0) is 22.1. The van der Waals surface area contributed by atoms with Crippen LogP contribution in [0.25, 0.3) is 0 Å². The van der Waals surface area contributed by atoms with Crippen molar-refractivity contribution < 1.29 is 22.4 Å². The van der Waals surface area contributed by atoms with Crippen molar-refractivity contribution in [2.45, 2.75) is 30.5 Å². The number of carbonyl (C=O) groups excluding carboxylic acids is 2. The number of rotatable bonds is 10. The number of halogens is 1. The van der Waals surface area contributed by atoms with E-state index in [1.54, 1.807) is 18.2 Å². The lowest BCUT2D eigenvalue weighted by molar-refractivity contribution is -0.122. The second-order valence-electron chi connectivity index (χ2n) is 6.48. The molecule has 0 saturated carbocycles. The quantitative estimate of drug-likeness (QED) is 0.480. The lowest BCUT2D eigenvalue weighted by Gasteiger charge is -2.15. The van der Waals surface area contributed by atoms with Crippen LogP contribution < -0.4 is 15.4 Å². The minimum absolute atomic E-state index is 0.0169. The fraction of sp³-hybridized carbons (Fsp3) is 0.300. The number of carbonyl (C=O) groups is 2. The third-order valence-electron chi connectivity index (χ3n) is 3.97. The first-order chi connectivity index (χ1) is 14.2. The van der Waals surface area contributed by atoms with Gasteiger partial charge in [0.15, 0.2) is 0 Å². The van der Waals surface area contributed by atoms with Crippen molar-refractivity contribution in [1.82, 2.24) is 10.0 Å². The lowest BCUT2D eigenvalue weighted by Crippen LogP contribution is -2.45. The van der Waals surface area contributed by atoms with E-state index in [9.17, 15) is 22.4 Å². The van der Waals surface area contributed by atoms with Crippen molar-refractivity contribution in [1.29, 1.82) is 0 Å². The first-order valence-corrected chi connectivity index (χ1v) is 11.8. The van der Waals surface area contributed by atoms with Gasteiger partial charge in [-0.25, -0.2) is 12.8 Å². The van der Waals surface area contributed by atoms with Gasteiger partial charge in [0.05, 0.1) is 10.9 Å². The maximum atomic E-state index is 13.5. The predicted molar refractivity (Wildman–Crippen MR) is 116 cm³/mol. The molecule has 10 heteroatoms. The molecule has 0 spiro atoms. The molecule has 0 aromatic heterocycles. The molecule has 0 aliphatic rings. The molecule has 0 aliphatic carbocycles. The Hall–Kier alpha value is -2.43. The van der Waals surface area contributed by atoms with Crippen molar-refractivity contribution in [3.63, 3.8) is 0 Å². The van der Waals surface area contributed by atoms with Gasteiger partial charge in [-0.1, -0.05) is 18.2 Å². The van der Waals surface area contributed by atoms with Gasteiger partial charge in [0, 0.05) is 30.7 Å². The number of nitrogens with one attached hydrogen (secondary N) is 3. The number of anilines is 1. The predicted octanol–water partition coefficient (Wildman–Crippen LogP) is 2.50. The van der Waals surface area contributed by atoms with Crippen molar-refractivity contribution >= 4 is 39.3 Å². The number of amides is 2. The van der Waals surface area contributed by atoms with E-state index in [1.807, 2.05) is 0 Å². The lowest BCUT2D eigenvalue weighted by atomic mass is 10.2. The van der Waals surface area contributed by atoms with Gasteiger partial charge in [0.2, 0.25) is 21.8 Å². The first kappa shape index (κ1) is 23.8. The summed E-state index contributed by atoms with van der Waals surface area (Å²) < 4.78 is 40.7. The molecule has 0 saturated heterocycles. The molecule has 0 bridgehead atoms. The van der Waals surface area contributed by atoms with Crippen LogP contribution in [0.2, 0.25) is 0 Å². The summed E-state index contributed by atoms with van der Waals surface area (Å²) in [6.45, 7) is 3.13. The highest BCUT2D eigenvalue weighted by atomic mass is 32.2. The summed E-state index contributed by atoms with van der Waals surface area (Å²) in [6, 6.07) is 11.2. The smallest absolute Gasteiger partial charge is 0.241 e. The zero-order valence-corrected chi connectivity index (χ0v) is 18.3. The third-order valence-corrected chi connectivity index (χ3v) is 6.54. The number of benzene rings is 2. The van der Waals surface area contributed by atoms with E-state index in [0.29, 0.717) is 29.3 Å². The van der Waals surface area contributed by atoms with Crippen LogP contribution in [0.5, 0.6) is 0 Å². The monoisotopic (exact) mass is 453 g/mol. The summed E-state index contributed by atoms with van der Waals surface area (Å²) in [5, 5.41) is 5.21. The normalized spacial score (nSPS) is 12.2. The number of hydrogen-bond acceptors (Lipinski definition) is 5. The van der Waals surface area contributed by atoms with Crippen molar-refractivity contribution in [3.05, 3.63) is 59.9 Å². The number of hydrogen-bond donors (Lipinski definition) is 3. The fourth-order valence-electron chi connectivity index (χ4n) is 2.47. The Labute approximate surface area is 179 Å². The van der Waals surface area contributed by atoms with Gasteiger partial charge in [0.1, 0.15) is 5.82 Å². The molecule has 0 radical (unpaired) electrons. The average Bonchev–Trinajstić information content (AvgIpc) is 2.68. The van der Waals surface area contributed by atoms with Gasteiger partial charge in [-0.2, -0.15) is 16.5 Å². The average molecular weight is 454 g/mol. The van der Waals surface area contributed by atoms with Crippen LogP contribution in [0, 0.1) is 5.82 Å². The molecule has 2 aromatic carbocycles. The highest BCUT2D eigenvalue weighted by Crippen LogP contribution is 2.15. The minimum Gasteiger partial charge on any atom is -0.354 e. The van der Waals surface area contributed by atoms with Crippen LogP contribution in [0.4, 0.5) is 10.1 Å². The Morgan fingerprint density at radius 1 is 1.10 bits per heavy atom. The van der Waals surface area contributed by atoms with Crippen molar-refractivity contribution in [2.75, 3.05) is 17.6 Å². The highest BCUT2D eigenvalue weighted by molar-refractivity contribution is 7.98. The van der Waals surface area contributed by atoms with E-state index in [1.165, 1.54) is 55.9 Å². The Morgan fingerprint density at radius 3 is 2.40 bits per heavy atom. The Kier molecular flexibility index (Phi) is 8.82. The molecule has 162 valence electrons. The van der Waals surface area contributed by atoms with Gasteiger partial charge in [0.25, 0.3) is 0 Å². The molecule has 0 heterocycles. The van der Waals surface area contributed by atoms with Crippen molar-refractivity contribution in [3.8, 4) is 0 Å². The SMILES string of the molecule is CC(=O)Nc1ccc(S(=O)(=O)N[C@@H](C)C(=O)NCCSCc2ccccc2F)cc1. The van der Waals surface area contributed by atoms with E-state index in [4.69, 9.17) is 0 Å². The van der Waals surface area contributed by atoms with Gasteiger partial charge in [-0.3, -0.25) is 9.59 Å². The molecule has 0 fully saturated rings. The second-order valence-corrected chi connectivity index (χ2v) is 9.30. The Bertz CT molecular complexity index is 982. The summed E-state index contributed by atoms with van der Waals surface area (Å²) in [7, 11) is -3.90. The number of sulfonamides is 1. The van der Waals surface area contributed by atoms with E-state index in [-0.39, 0.29) is 16.6 Å². The van der Waals surface area contributed by atoms with E-state index < -0.39 is 22.0 Å². The summed E-state index contributed by atoms with van der Waals surface area (Å²) in [4.78, 5) is 23.2. The maximum absolute atomic E-state index is 13.5. The molecular weight excluding hydrogens is 429 g/mol. The Morgan fingerprint density at radius 2 is 1.77 bits per heavy atom. The molecule has 30 heavy (non-hydrogen) atoms. The molecule has 2 rings (SSSR count). The standard InChI is InChI=1S/C20H24FN3O4S2/c1-14(20(26)22-11-12-29-13-16-5-3-4-6-19(16)21)24-30(27,28)18-9-7-17(8-10-18)23-15(2)25/h3-10,14,24H,11-13H2,1-2H3,(H,22,26)(H,23,25)/t14-/m0/s1. The van der Waals surface area contributed by atoms with Crippen molar-refractivity contribution in [2.24, 2.45) is 0 Å². The van der Waals surface area contributed by atoms with Crippen LogP contribution in [0.15, 0.2) is 53.4 Å². The molecule has 2 aromatic rings. The topological polar surface area (TPSA) is 104 Å². The summed E-state index contributed by atoms with van der Waals surface area (Å²) in [6.07, 6.45) is 0. The van der Waals surface area contributed by atoms with Gasteiger partial charge in [-0.15, -0.1) is 0 Å². The molecular formula is C20H24FN3O4S2. The summed E-state index contributed by atoms with van der Waals surface area (Å²) in [5.74, 6) is 0.0619. The maximum Gasteiger partial charge on any atom is 0.241 e. The van der Waals surface area contributed by atoms with Crippen LogP contribution in [-0.4, -0.2) is 38.6 Å². The third kappa shape index (κ3) is 7.43. The molecule has 2 amide bonds. The zero-order valence-electron chi connectivity index (χ0n) is 16.6. The summed E-state index contributed by atoms with van der Waals surface area (Å²) in [5.41, 5.74) is 1.07. The highest BCUT2D eigenvalue weighted by Gasteiger charge is 2.21.